The summed E-state index contributed by atoms with van der Waals surface area (Å²) in [6, 6.07) is 8.67. The highest BCUT2D eigenvalue weighted by molar-refractivity contribution is 5.79. The molecule has 2 atom stereocenters. The maximum Gasteiger partial charge on any atom is 0.227 e. The average Bonchev–Trinajstić information content (AvgIpc) is 2.86. The molecule has 1 aliphatic rings. The lowest BCUT2D eigenvalue weighted by molar-refractivity contribution is -0.137. The van der Waals surface area contributed by atoms with Crippen molar-refractivity contribution in [2.45, 2.75) is 46.1 Å². The molecule has 0 heterocycles. The van der Waals surface area contributed by atoms with Gasteiger partial charge >= 0.3 is 0 Å². The van der Waals surface area contributed by atoms with E-state index in [1.54, 1.807) is 0 Å². The topological polar surface area (TPSA) is 46.3 Å². The monoisotopic (exact) mass is 288 g/mol. The Labute approximate surface area is 128 Å². The molecule has 0 saturated heterocycles. The lowest BCUT2D eigenvalue weighted by Crippen LogP contribution is -2.40. The number of aryl methyl sites for hydroxylation is 1. The van der Waals surface area contributed by atoms with E-state index in [-0.39, 0.29) is 23.3 Å². The smallest absolute Gasteiger partial charge is 0.227 e. The lowest BCUT2D eigenvalue weighted by Gasteiger charge is -2.32. The highest BCUT2D eigenvalue weighted by Gasteiger charge is 2.32. The Morgan fingerprint density at radius 2 is 2.05 bits per heavy atom. The normalized spacial score (nSPS) is 19.2. The SMILES string of the molecule is CN(C(=O)C(CN)CC(C)(C)C)C1CCc2ccccc21. The van der Waals surface area contributed by atoms with Crippen LogP contribution >= 0.6 is 0 Å². The van der Waals surface area contributed by atoms with Crippen molar-refractivity contribution in [1.82, 2.24) is 4.90 Å². The molecule has 21 heavy (non-hydrogen) atoms. The lowest BCUT2D eigenvalue weighted by atomic mass is 9.84. The molecular formula is C18H28N2O. The third-order valence-corrected chi connectivity index (χ3v) is 4.41. The Balaban J connectivity index is 2.13. The van der Waals surface area contributed by atoms with E-state index >= 15 is 0 Å². The molecule has 2 rings (SSSR count). The molecule has 0 spiro atoms. The van der Waals surface area contributed by atoms with Crippen LogP contribution in [0.25, 0.3) is 0 Å². The highest BCUT2D eigenvalue weighted by atomic mass is 16.2. The largest absolute Gasteiger partial charge is 0.338 e. The average molecular weight is 288 g/mol. The third-order valence-electron chi connectivity index (χ3n) is 4.41. The van der Waals surface area contributed by atoms with Crippen LogP contribution < -0.4 is 5.73 Å². The number of nitrogens with two attached hydrogens (primary N) is 1. The molecule has 1 aromatic carbocycles. The molecule has 3 heteroatoms. The summed E-state index contributed by atoms with van der Waals surface area (Å²) < 4.78 is 0. The fourth-order valence-corrected chi connectivity index (χ4v) is 3.39. The highest BCUT2D eigenvalue weighted by Crippen LogP contribution is 2.36. The number of carbonyl (C=O) groups excluding carboxylic acids is 1. The predicted octanol–water partition coefficient (Wildman–Crippen LogP) is 3.14. The zero-order chi connectivity index (χ0) is 15.6. The van der Waals surface area contributed by atoms with Gasteiger partial charge in [-0.2, -0.15) is 0 Å². The fraction of sp³-hybridized carbons (Fsp3) is 0.611. The molecule has 0 fully saturated rings. The number of benzene rings is 1. The van der Waals surface area contributed by atoms with Crippen molar-refractivity contribution in [3.8, 4) is 0 Å². The summed E-state index contributed by atoms with van der Waals surface area (Å²) in [7, 11) is 1.93. The van der Waals surface area contributed by atoms with Crippen LogP contribution in [0.3, 0.4) is 0 Å². The summed E-state index contributed by atoms with van der Waals surface area (Å²) in [4.78, 5) is 14.7. The van der Waals surface area contributed by atoms with Crippen molar-refractivity contribution in [2.24, 2.45) is 17.1 Å². The Bertz CT molecular complexity index is 504. The summed E-state index contributed by atoms with van der Waals surface area (Å²) in [5.74, 6) is 0.108. The third kappa shape index (κ3) is 3.65. The molecule has 0 aromatic heterocycles. The first-order valence-electron chi connectivity index (χ1n) is 7.88. The number of hydrogen-bond acceptors (Lipinski definition) is 2. The van der Waals surface area contributed by atoms with Gasteiger partial charge in [-0.1, -0.05) is 45.0 Å². The van der Waals surface area contributed by atoms with Crippen molar-refractivity contribution in [3.05, 3.63) is 35.4 Å². The Hall–Kier alpha value is -1.35. The van der Waals surface area contributed by atoms with Gasteiger partial charge in [0.2, 0.25) is 5.91 Å². The number of carbonyl (C=O) groups is 1. The molecule has 2 N–H and O–H groups in total. The van der Waals surface area contributed by atoms with E-state index in [9.17, 15) is 4.79 Å². The molecule has 0 aliphatic heterocycles. The number of amides is 1. The summed E-state index contributed by atoms with van der Waals surface area (Å²) in [5, 5.41) is 0. The van der Waals surface area contributed by atoms with E-state index in [4.69, 9.17) is 5.73 Å². The van der Waals surface area contributed by atoms with Crippen LogP contribution in [-0.2, 0) is 11.2 Å². The van der Waals surface area contributed by atoms with Crippen molar-refractivity contribution in [3.63, 3.8) is 0 Å². The first-order chi connectivity index (χ1) is 9.83. The minimum atomic E-state index is -0.0808. The maximum atomic E-state index is 12.8. The molecule has 2 unspecified atom stereocenters. The van der Waals surface area contributed by atoms with Gasteiger partial charge < -0.3 is 10.6 Å². The second-order valence-corrected chi connectivity index (χ2v) is 7.40. The summed E-state index contributed by atoms with van der Waals surface area (Å²) in [6.45, 7) is 6.91. The van der Waals surface area contributed by atoms with Crippen LogP contribution in [0.15, 0.2) is 24.3 Å². The van der Waals surface area contributed by atoms with Gasteiger partial charge in [0.15, 0.2) is 0 Å². The molecule has 1 amide bonds. The molecular weight excluding hydrogens is 260 g/mol. The van der Waals surface area contributed by atoms with Crippen molar-refractivity contribution in [2.75, 3.05) is 13.6 Å². The number of rotatable bonds is 4. The Morgan fingerprint density at radius 1 is 1.38 bits per heavy atom. The van der Waals surface area contributed by atoms with Gasteiger partial charge in [-0.15, -0.1) is 0 Å². The molecule has 0 radical (unpaired) electrons. The van der Waals surface area contributed by atoms with E-state index in [0.29, 0.717) is 6.54 Å². The first kappa shape index (κ1) is 16.0. The number of nitrogens with zero attached hydrogens (tertiary/aromatic N) is 1. The van der Waals surface area contributed by atoms with Crippen LogP contribution in [0.5, 0.6) is 0 Å². The van der Waals surface area contributed by atoms with Gasteiger partial charge in [0.1, 0.15) is 0 Å². The Kier molecular flexibility index (Phi) is 4.72. The van der Waals surface area contributed by atoms with Crippen LogP contribution in [0, 0.1) is 11.3 Å². The van der Waals surface area contributed by atoms with E-state index in [1.807, 2.05) is 11.9 Å². The zero-order valence-corrected chi connectivity index (χ0v) is 13.7. The summed E-state index contributed by atoms with van der Waals surface area (Å²) in [6.07, 6.45) is 2.92. The van der Waals surface area contributed by atoms with Gasteiger partial charge in [-0.25, -0.2) is 0 Å². The zero-order valence-electron chi connectivity index (χ0n) is 13.7. The van der Waals surface area contributed by atoms with Gasteiger partial charge in [-0.05, 0) is 35.8 Å². The summed E-state index contributed by atoms with van der Waals surface area (Å²) in [5.41, 5.74) is 8.67. The van der Waals surface area contributed by atoms with Crippen molar-refractivity contribution >= 4 is 5.91 Å². The van der Waals surface area contributed by atoms with Gasteiger partial charge in [-0.3, -0.25) is 4.79 Å². The number of fused-ring (bicyclic) bond motifs is 1. The van der Waals surface area contributed by atoms with Gasteiger partial charge in [0.05, 0.1) is 12.0 Å². The first-order valence-corrected chi connectivity index (χ1v) is 7.88. The molecule has 0 bridgehead atoms. The molecule has 116 valence electrons. The minimum absolute atomic E-state index is 0.0808. The Morgan fingerprint density at radius 3 is 2.67 bits per heavy atom. The van der Waals surface area contributed by atoms with E-state index in [0.717, 1.165) is 19.3 Å². The maximum absolute atomic E-state index is 12.8. The van der Waals surface area contributed by atoms with Gasteiger partial charge in [0, 0.05) is 13.6 Å². The molecule has 1 aliphatic carbocycles. The van der Waals surface area contributed by atoms with Crippen LogP contribution in [-0.4, -0.2) is 24.4 Å². The molecule has 1 aromatic rings. The van der Waals surface area contributed by atoms with Gasteiger partial charge in [0.25, 0.3) is 0 Å². The van der Waals surface area contributed by atoms with E-state index in [1.165, 1.54) is 11.1 Å². The van der Waals surface area contributed by atoms with Crippen LogP contribution in [0.1, 0.15) is 50.8 Å². The summed E-state index contributed by atoms with van der Waals surface area (Å²) >= 11 is 0. The predicted molar refractivity (Wildman–Crippen MR) is 86.9 cm³/mol. The van der Waals surface area contributed by atoms with Crippen molar-refractivity contribution in [1.29, 1.82) is 0 Å². The molecule has 3 nitrogen and oxygen atoms in total. The minimum Gasteiger partial charge on any atom is -0.338 e. The molecule has 0 saturated carbocycles. The standard InChI is InChI=1S/C18H28N2O/c1-18(2,3)11-14(12-19)17(21)20(4)16-10-9-13-7-5-6-8-15(13)16/h5-8,14,16H,9-12,19H2,1-4H3. The van der Waals surface area contributed by atoms with Crippen LogP contribution in [0.2, 0.25) is 0 Å². The van der Waals surface area contributed by atoms with Crippen LogP contribution in [0.4, 0.5) is 0 Å². The second-order valence-electron chi connectivity index (χ2n) is 7.40. The second kappa shape index (κ2) is 6.18. The van der Waals surface area contributed by atoms with Crippen molar-refractivity contribution < 1.29 is 4.79 Å². The number of hydrogen-bond donors (Lipinski definition) is 1. The van der Waals surface area contributed by atoms with E-state index < -0.39 is 0 Å². The fourth-order valence-electron chi connectivity index (χ4n) is 3.39. The quantitative estimate of drug-likeness (QED) is 0.925. The van der Waals surface area contributed by atoms with E-state index in [2.05, 4.69) is 45.0 Å².